The summed E-state index contributed by atoms with van der Waals surface area (Å²) in [5, 5.41) is 12.5. The largest absolute Gasteiger partial charge is 0.481 e. The van der Waals surface area contributed by atoms with Gasteiger partial charge in [-0.3, -0.25) is 9.59 Å². The van der Waals surface area contributed by atoms with E-state index in [9.17, 15) is 14.7 Å². The molecular formula is C15H18Cl3NO3. The summed E-state index contributed by atoms with van der Waals surface area (Å²) in [5.74, 6) is -2.00. The Bertz CT molecular complexity index is 588. The lowest BCUT2D eigenvalue weighted by molar-refractivity contribution is -0.141. The molecular weight excluding hydrogens is 349 g/mol. The van der Waals surface area contributed by atoms with Crippen molar-refractivity contribution in [3.05, 3.63) is 26.7 Å². The van der Waals surface area contributed by atoms with E-state index in [-0.39, 0.29) is 39.0 Å². The SMILES string of the molecule is CCC(Cc1c(Cl)cc(Cl)c(NC(=O)C(C)C)c1Cl)C(=O)O. The molecule has 0 heterocycles. The second kappa shape index (κ2) is 8.04. The van der Waals surface area contributed by atoms with Gasteiger partial charge in [-0.2, -0.15) is 0 Å². The Kier molecular flexibility index (Phi) is 6.98. The maximum Gasteiger partial charge on any atom is 0.306 e. The van der Waals surface area contributed by atoms with E-state index in [1.165, 1.54) is 6.07 Å². The first-order chi connectivity index (χ1) is 10.2. The number of carbonyl (C=O) groups is 2. The molecule has 1 aromatic carbocycles. The van der Waals surface area contributed by atoms with Gasteiger partial charge in [0.1, 0.15) is 0 Å². The summed E-state index contributed by atoms with van der Waals surface area (Å²) >= 11 is 18.5. The van der Waals surface area contributed by atoms with Gasteiger partial charge < -0.3 is 10.4 Å². The fourth-order valence-corrected chi connectivity index (χ4v) is 2.87. The second-order valence-corrected chi connectivity index (χ2v) is 6.49. The highest BCUT2D eigenvalue weighted by atomic mass is 35.5. The maximum absolute atomic E-state index is 11.8. The number of benzene rings is 1. The molecule has 0 spiro atoms. The predicted molar refractivity (Wildman–Crippen MR) is 90.1 cm³/mol. The van der Waals surface area contributed by atoms with Gasteiger partial charge in [0.25, 0.3) is 0 Å². The van der Waals surface area contributed by atoms with E-state index in [0.717, 1.165) is 0 Å². The van der Waals surface area contributed by atoms with E-state index in [2.05, 4.69) is 5.32 Å². The molecule has 0 saturated carbocycles. The highest BCUT2D eigenvalue weighted by Crippen LogP contribution is 2.39. The molecule has 0 bridgehead atoms. The van der Waals surface area contributed by atoms with Gasteiger partial charge in [0, 0.05) is 10.9 Å². The minimum Gasteiger partial charge on any atom is -0.481 e. The Morgan fingerprint density at radius 2 is 1.82 bits per heavy atom. The zero-order valence-corrected chi connectivity index (χ0v) is 14.8. The summed E-state index contributed by atoms with van der Waals surface area (Å²) in [6, 6.07) is 1.47. The standard InChI is InChI=1S/C15H18Cl3NO3/c1-4-8(15(21)22)5-9-10(16)6-11(17)13(12(9)18)19-14(20)7(2)3/h6-8H,4-5H2,1-3H3,(H,19,20)(H,21,22). The van der Waals surface area contributed by atoms with Crippen molar-refractivity contribution in [3.63, 3.8) is 0 Å². The lowest BCUT2D eigenvalue weighted by Gasteiger charge is -2.17. The molecule has 0 radical (unpaired) electrons. The maximum atomic E-state index is 11.8. The van der Waals surface area contributed by atoms with E-state index in [4.69, 9.17) is 34.8 Å². The topological polar surface area (TPSA) is 66.4 Å². The van der Waals surface area contributed by atoms with Crippen LogP contribution in [0.1, 0.15) is 32.8 Å². The van der Waals surface area contributed by atoms with E-state index in [1.54, 1.807) is 20.8 Å². The van der Waals surface area contributed by atoms with Crippen LogP contribution in [0.4, 0.5) is 5.69 Å². The summed E-state index contributed by atoms with van der Waals surface area (Å²) < 4.78 is 0. The van der Waals surface area contributed by atoms with Crippen LogP contribution in [0.2, 0.25) is 15.1 Å². The zero-order valence-electron chi connectivity index (χ0n) is 12.5. The van der Waals surface area contributed by atoms with E-state index in [0.29, 0.717) is 12.0 Å². The first kappa shape index (κ1) is 19.1. The van der Waals surface area contributed by atoms with Crippen molar-refractivity contribution in [2.24, 2.45) is 11.8 Å². The monoisotopic (exact) mass is 365 g/mol. The van der Waals surface area contributed by atoms with Gasteiger partial charge in [0.05, 0.1) is 21.7 Å². The Balaban J connectivity index is 3.24. The fourth-order valence-electron chi connectivity index (χ4n) is 1.85. The van der Waals surface area contributed by atoms with E-state index in [1.807, 2.05) is 0 Å². The molecule has 7 heteroatoms. The fraction of sp³-hybridized carbons (Fsp3) is 0.467. The summed E-state index contributed by atoms with van der Waals surface area (Å²) in [7, 11) is 0. The number of hydrogen-bond acceptors (Lipinski definition) is 2. The molecule has 0 aliphatic rings. The first-order valence-electron chi connectivity index (χ1n) is 6.89. The van der Waals surface area contributed by atoms with E-state index < -0.39 is 11.9 Å². The second-order valence-electron chi connectivity index (χ2n) is 5.30. The minimum atomic E-state index is -0.919. The number of amides is 1. The van der Waals surface area contributed by atoms with Crippen LogP contribution in [-0.2, 0) is 16.0 Å². The smallest absolute Gasteiger partial charge is 0.306 e. The Morgan fingerprint density at radius 1 is 1.23 bits per heavy atom. The van der Waals surface area contributed by atoms with Crippen LogP contribution in [-0.4, -0.2) is 17.0 Å². The third-order valence-electron chi connectivity index (χ3n) is 3.33. The Hall–Kier alpha value is -0.970. The summed E-state index contributed by atoms with van der Waals surface area (Å²) in [4.78, 5) is 23.0. The van der Waals surface area contributed by atoms with Crippen LogP contribution in [0.15, 0.2) is 6.07 Å². The number of carboxylic acids is 1. The molecule has 1 unspecified atom stereocenters. The number of halogens is 3. The third-order valence-corrected chi connectivity index (χ3v) is 4.38. The average molecular weight is 367 g/mol. The number of carbonyl (C=O) groups excluding carboxylic acids is 1. The predicted octanol–water partition coefficient (Wildman–Crippen LogP) is 4.89. The van der Waals surface area contributed by atoms with Gasteiger partial charge >= 0.3 is 5.97 Å². The molecule has 1 aromatic rings. The normalized spacial score (nSPS) is 12.3. The molecule has 0 saturated heterocycles. The molecule has 4 nitrogen and oxygen atoms in total. The number of aliphatic carboxylic acids is 1. The summed E-state index contributed by atoms with van der Waals surface area (Å²) in [6.07, 6.45) is 0.615. The molecule has 1 atom stereocenters. The molecule has 22 heavy (non-hydrogen) atoms. The van der Waals surface area contributed by atoms with Gasteiger partial charge in [-0.25, -0.2) is 0 Å². The van der Waals surface area contributed by atoms with Crippen LogP contribution >= 0.6 is 34.8 Å². The van der Waals surface area contributed by atoms with Crippen molar-refractivity contribution >= 4 is 52.4 Å². The van der Waals surface area contributed by atoms with Crippen molar-refractivity contribution in [2.45, 2.75) is 33.6 Å². The summed E-state index contributed by atoms with van der Waals surface area (Å²) in [5.41, 5.74) is 0.739. The van der Waals surface area contributed by atoms with Crippen molar-refractivity contribution in [3.8, 4) is 0 Å². The molecule has 0 aliphatic heterocycles. The lowest BCUT2D eigenvalue weighted by atomic mass is 9.96. The molecule has 1 rings (SSSR count). The molecule has 2 N–H and O–H groups in total. The number of anilines is 1. The number of hydrogen-bond donors (Lipinski definition) is 2. The van der Waals surface area contributed by atoms with Gasteiger partial charge in [0.2, 0.25) is 5.91 Å². The molecule has 0 aromatic heterocycles. The van der Waals surface area contributed by atoms with Crippen LogP contribution in [0, 0.1) is 11.8 Å². The summed E-state index contributed by atoms with van der Waals surface area (Å²) in [6.45, 7) is 5.26. The Morgan fingerprint density at radius 3 is 2.27 bits per heavy atom. The molecule has 0 aliphatic carbocycles. The van der Waals surface area contributed by atoms with Crippen LogP contribution in [0.25, 0.3) is 0 Å². The van der Waals surface area contributed by atoms with Crippen molar-refractivity contribution in [1.29, 1.82) is 0 Å². The van der Waals surface area contributed by atoms with Crippen LogP contribution < -0.4 is 5.32 Å². The quantitative estimate of drug-likeness (QED) is 0.753. The first-order valence-corrected chi connectivity index (χ1v) is 8.02. The lowest BCUT2D eigenvalue weighted by Crippen LogP contribution is -2.19. The highest BCUT2D eigenvalue weighted by Gasteiger charge is 2.23. The molecule has 0 fully saturated rings. The van der Waals surface area contributed by atoms with Crippen LogP contribution in [0.3, 0.4) is 0 Å². The van der Waals surface area contributed by atoms with Gasteiger partial charge in [-0.1, -0.05) is 55.6 Å². The zero-order chi connectivity index (χ0) is 17.0. The molecule has 122 valence electrons. The van der Waals surface area contributed by atoms with Crippen molar-refractivity contribution < 1.29 is 14.7 Å². The number of nitrogens with one attached hydrogen (secondary N) is 1. The Labute approximate surface area is 144 Å². The molecule has 1 amide bonds. The van der Waals surface area contributed by atoms with Crippen molar-refractivity contribution in [1.82, 2.24) is 0 Å². The van der Waals surface area contributed by atoms with Crippen molar-refractivity contribution in [2.75, 3.05) is 5.32 Å². The van der Waals surface area contributed by atoms with Crippen LogP contribution in [0.5, 0.6) is 0 Å². The highest BCUT2D eigenvalue weighted by molar-refractivity contribution is 6.43. The minimum absolute atomic E-state index is 0.172. The van der Waals surface area contributed by atoms with Gasteiger partial charge in [-0.15, -0.1) is 0 Å². The number of rotatable bonds is 6. The average Bonchev–Trinajstić information content (AvgIpc) is 2.42. The van der Waals surface area contributed by atoms with Gasteiger partial charge in [0.15, 0.2) is 0 Å². The van der Waals surface area contributed by atoms with E-state index >= 15 is 0 Å². The third kappa shape index (κ3) is 4.51. The number of carboxylic acid groups (broad SMARTS) is 1. The van der Waals surface area contributed by atoms with Gasteiger partial charge in [-0.05, 0) is 24.5 Å².